The first kappa shape index (κ1) is 23.0. The van der Waals surface area contributed by atoms with Gasteiger partial charge in [0.25, 0.3) is 5.69 Å². The van der Waals surface area contributed by atoms with Crippen LogP contribution in [0.5, 0.6) is 0 Å². The fraction of sp³-hybridized carbons (Fsp3) is 0.231. The van der Waals surface area contributed by atoms with E-state index in [9.17, 15) is 14.9 Å². The highest BCUT2D eigenvalue weighted by atomic mass is 32.1. The van der Waals surface area contributed by atoms with Crippen LogP contribution >= 0.6 is 11.3 Å². The van der Waals surface area contributed by atoms with Crippen LogP contribution in [0.25, 0.3) is 27.9 Å². The number of rotatable bonds is 5. The Balaban J connectivity index is 1.42. The molecule has 4 heterocycles. The highest BCUT2D eigenvalue weighted by molar-refractivity contribution is 7.10. The van der Waals surface area contributed by atoms with Crippen LogP contribution in [0.3, 0.4) is 0 Å². The Labute approximate surface area is 215 Å². The van der Waals surface area contributed by atoms with Gasteiger partial charge in [0.05, 0.1) is 22.4 Å². The highest BCUT2D eigenvalue weighted by Crippen LogP contribution is 2.33. The van der Waals surface area contributed by atoms with Crippen LogP contribution in [0.1, 0.15) is 11.3 Å². The molecule has 0 bridgehead atoms. The largest absolute Gasteiger partial charge is 0.341 e. The van der Waals surface area contributed by atoms with Gasteiger partial charge >= 0.3 is 0 Å². The van der Waals surface area contributed by atoms with Crippen molar-refractivity contribution < 1.29 is 9.72 Å². The Bertz CT molecular complexity index is 1620. The SMILES string of the molecule is O=C(Cc1cccs1)N1CCCN(c2nc3ccccc3c3nnc(-c4ccccc4[N+](=O)[O-])n23)CC1. The number of nitro benzene ring substituents is 1. The molecule has 11 heteroatoms. The topological polar surface area (TPSA) is 110 Å². The van der Waals surface area contributed by atoms with Gasteiger partial charge in [0.1, 0.15) is 0 Å². The van der Waals surface area contributed by atoms with Crippen LogP contribution in [0.2, 0.25) is 0 Å². The predicted octanol–water partition coefficient (Wildman–Crippen LogP) is 4.20. The van der Waals surface area contributed by atoms with Gasteiger partial charge in [0, 0.05) is 42.5 Å². The molecule has 0 atom stereocenters. The molecule has 0 saturated carbocycles. The van der Waals surface area contributed by atoms with Gasteiger partial charge in [-0.3, -0.25) is 14.9 Å². The van der Waals surface area contributed by atoms with E-state index >= 15 is 0 Å². The standard InChI is InChI=1S/C26H23N7O3S/c34-23(17-18-7-5-16-37-18)30-12-6-13-31(15-14-30)26-27-21-10-3-1-8-19(21)24-28-29-25(32(24)26)20-9-2-4-11-22(20)33(35)36/h1-5,7-11,16H,6,12-15,17H2. The lowest BCUT2D eigenvalue weighted by Gasteiger charge is -2.24. The van der Waals surface area contributed by atoms with Gasteiger partial charge < -0.3 is 9.80 Å². The maximum atomic E-state index is 13.0. The van der Waals surface area contributed by atoms with Gasteiger partial charge in [-0.1, -0.05) is 30.3 Å². The number of para-hydroxylation sites is 2. The number of nitro groups is 1. The Morgan fingerprint density at radius 3 is 2.65 bits per heavy atom. The van der Waals surface area contributed by atoms with Crippen LogP contribution in [0.4, 0.5) is 11.6 Å². The van der Waals surface area contributed by atoms with Crippen molar-refractivity contribution in [3.05, 3.63) is 81.0 Å². The second-order valence-electron chi connectivity index (χ2n) is 8.86. The molecular formula is C26H23N7O3S. The minimum absolute atomic E-state index is 0.0443. The van der Waals surface area contributed by atoms with E-state index in [-0.39, 0.29) is 11.6 Å². The minimum atomic E-state index is -0.409. The molecule has 1 aliphatic rings. The summed E-state index contributed by atoms with van der Waals surface area (Å²) >= 11 is 1.59. The number of fused-ring (bicyclic) bond motifs is 3. The summed E-state index contributed by atoms with van der Waals surface area (Å²) in [6.07, 6.45) is 1.18. The molecule has 2 aromatic carbocycles. The van der Waals surface area contributed by atoms with Crippen molar-refractivity contribution >= 4 is 45.4 Å². The van der Waals surface area contributed by atoms with E-state index < -0.39 is 4.92 Å². The van der Waals surface area contributed by atoms with Gasteiger partial charge in [-0.15, -0.1) is 21.5 Å². The number of anilines is 1. The molecule has 0 aliphatic carbocycles. The molecule has 3 aromatic heterocycles. The number of benzene rings is 2. The zero-order valence-electron chi connectivity index (χ0n) is 19.9. The van der Waals surface area contributed by atoms with E-state index in [0.29, 0.717) is 55.6 Å². The zero-order valence-corrected chi connectivity index (χ0v) is 20.7. The normalized spacial score (nSPS) is 14.3. The van der Waals surface area contributed by atoms with Gasteiger partial charge in [-0.05, 0) is 36.1 Å². The van der Waals surface area contributed by atoms with E-state index in [4.69, 9.17) is 4.98 Å². The van der Waals surface area contributed by atoms with E-state index in [1.165, 1.54) is 6.07 Å². The Kier molecular flexibility index (Phi) is 5.97. The minimum Gasteiger partial charge on any atom is -0.341 e. The Morgan fingerprint density at radius 1 is 0.973 bits per heavy atom. The summed E-state index contributed by atoms with van der Waals surface area (Å²) in [5.74, 6) is 1.09. The first-order chi connectivity index (χ1) is 18.1. The molecular weight excluding hydrogens is 490 g/mol. The lowest BCUT2D eigenvalue weighted by Crippen LogP contribution is -2.36. The fourth-order valence-corrected chi connectivity index (χ4v) is 5.51. The van der Waals surface area contributed by atoms with Gasteiger partial charge in [-0.25, -0.2) is 9.38 Å². The molecule has 37 heavy (non-hydrogen) atoms. The molecule has 0 spiro atoms. The first-order valence-corrected chi connectivity index (χ1v) is 12.9. The molecule has 0 unspecified atom stereocenters. The van der Waals surface area contributed by atoms with E-state index in [1.807, 2.05) is 51.1 Å². The third kappa shape index (κ3) is 4.27. The number of thiophene rings is 1. The molecule has 10 nitrogen and oxygen atoms in total. The van der Waals surface area contributed by atoms with Crippen molar-refractivity contribution in [2.24, 2.45) is 0 Å². The van der Waals surface area contributed by atoms with Crippen LogP contribution in [-0.2, 0) is 11.2 Å². The maximum Gasteiger partial charge on any atom is 0.280 e. The summed E-state index contributed by atoms with van der Waals surface area (Å²) in [7, 11) is 0. The average molecular weight is 514 g/mol. The molecule has 6 rings (SSSR count). The predicted molar refractivity (Wildman–Crippen MR) is 142 cm³/mol. The molecule has 0 radical (unpaired) electrons. The number of amides is 1. The first-order valence-electron chi connectivity index (χ1n) is 12.0. The second-order valence-corrected chi connectivity index (χ2v) is 9.90. The van der Waals surface area contributed by atoms with Crippen molar-refractivity contribution in [3.8, 4) is 11.4 Å². The number of nitrogens with zero attached hydrogens (tertiary/aromatic N) is 7. The monoisotopic (exact) mass is 513 g/mol. The smallest absolute Gasteiger partial charge is 0.280 e. The van der Waals surface area contributed by atoms with Gasteiger partial charge in [-0.2, -0.15) is 0 Å². The number of carbonyl (C=O) groups is 1. The third-order valence-electron chi connectivity index (χ3n) is 6.61. The van der Waals surface area contributed by atoms with E-state index in [2.05, 4.69) is 15.1 Å². The number of aromatic nitrogens is 4. The summed E-state index contributed by atoms with van der Waals surface area (Å²) < 4.78 is 1.81. The van der Waals surface area contributed by atoms with Crippen molar-refractivity contribution in [1.82, 2.24) is 24.5 Å². The highest BCUT2D eigenvalue weighted by Gasteiger charge is 2.27. The average Bonchev–Trinajstić information content (AvgIpc) is 3.52. The summed E-state index contributed by atoms with van der Waals surface area (Å²) in [5.41, 5.74) is 1.68. The van der Waals surface area contributed by atoms with Crippen LogP contribution in [-0.4, -0.2) is 61.5 Å². The third-order valence-corrected chi connectivity index (χ3v) is 7.48. The Morgan fingerprint density at radius 2 is 1.81 bits per heavy atom. The molecule has 1 amide bonds. The van der Waals surface area contributed by atoms with Gasteiger partial charge in [0.15, 0.2) is 11.5 Å². The van der Waals surface area contributed by atoms with Crippen LogP contribution in [0.15, 0.2) is 66.0 Å². The zero-order chi connectivity index (χ0) is 25.4. The molecule has 1 aliphatic heterocycles. The van der Waals surface area contributed by atoms with E-state index in [0.717, 1.165) is 22.2 Å². The quantitative estimate of drug-likeness (QED) is 0.256. The number of carbonyl (C=O) groups excluding carboxylic acids is 1. The molecule has 0 N–H and O–H groups in total. The van der Waals surface area contributed by atoms with Crippen molar-refractivity contribution in [2.45, 2.75) is 12.8 Å². The molecule has 1 fully saturated rings. The molecule has 5 aromatic rings. The summed E-state index contributed by atoms with van der Waals surface area (Å²) in [6.45, 7) is 2.47. The van der Waals surface area contributed by atoms with E-state index in [1.54, 1.807) is 29.5 Å². The lowest BCUT2D eigenvalue weighted by molar-refractivity contribution is -0.384. The van der Waals surface area contributed by atoms with Crippen LogP contribution < -0.4 is 4.90 Å². The molecule has 186 valence electrons. The van der Waals surface area contributed by atoms with Gasteiger partial charge in [0.2, 0.25) is 11.9 Å². The Hall–Kier alpha value is -4.38. The van der Waals surface area contributed by atoms with Crippen molar-refractivity contribution in [3.63, 3.8) is 0 Å². The lowest BCUT2D eigenvalue weighted by atomic mass is 10.1. The number of hydrogen-bond donors (Lipinski definition) is 0. The second kappa shape index (κ2) is 9.58. The summed E-state index contributed by atoms with van der Waals surface area (Å²) in [4.78, 5) is 34.4. The summed E-state index contributed by atoms with van der Waals surface area (Å²) in [5, 5.41) is 23.4. The van der Waals surface area contributed by atoms with Crippen LogP contribution in [0, 0.1) is 10.1 Å². The maximum absolute atomic E-state index is 13.0. The summed E-state index contributed by atoms with van der Waals surface area (Å²) in [6, 6.07) is 18.2. The number of hydrogen-bond acceptors (Lipinski definition) is 8. The molecule has 1 saturated heterocycles. The fourth-order valence-electron chi connectivity index (χ4n) is 4.82. The van der Waals surface area contributed by atoms with Crippen molar-refractivity contribution in [1.29, 1.82) is 0 Å². The van der Waals surface area contributed by atoms with Crippen molar-refractivity contribution in [2.75, 3.05) is 31.1 Å².